The Morgan fingerprint density at radius 3 is 2.80 bits per heavy atom. The average Bonchev–Trinajstić information content (AvgIpc) is 2.46. The third kappa shape index (κ3) is 4.64. The van der Waals surface area contributed by atoms with Gasteiger partial charge in [-0.3, -0.25) is 9.59 Å². The van der Waals surface area contributed by atoms with E-state index in [1.54, 1.807) is 7.05 Å². The number of ether oxygens (including phenoxy) is 1. The first-order chi connectivity index (χ1) is 9.49. The first kappa shape index (κ1) is 16.7. The fraction of sp³-hybridized carbons (Fsp3) is 0.500. The van der Waals surface area contributed by atoms with Crippen LogP contribution in [0.5, 0.6) is 0 Å². The highest BCUT2D eigenvalue weighted by Gasteiger charge is 2.18. The lowest BCUT2D eigenvalue weighted by Gasteiger charge is -2.17. The second-order valence-corrected chi connectivity index (χ2v) is 5.14. The Morgan fingerprint density at radius 1 is 1.50 bits per heavy atom. The molecule has 0 N–H and O–H groups in total. The molecule has 8 heteroatoms. The molecule has 0 aliphatic carbocycles. The number of methoxy groups -OCH3 is 1. The molecule has 1 heterocycles. The lowest BCUT2D eigenvalue weighted by atomic mass is 10.3. The van der Waals surface area contributed by atoms with Crippen molar-refractivity contribution in [3.05, 3.63) is 16.9 Å². The van der Waals surface area contributed by atoms with Crippen LogP contribution in [0.3, 0.4) is 0 Å². The Morgan fingerprint density at radius 2 is 2.20 bits per heavy atom. The zero-order chi connectivity index (χ0) is 15.1. The fourth-order valence-corrected chi connectivity index (χ4v) is 1.96. The summed E-state index contributed by atoms with van der Waals surface area (Å²) in [5, 5.41) is 0.702. The van der Waals surface area contributed by atoms with Gasteiger partial charge in [0.1, 0.15) is 0 Å². The molecule has 0 aromatic carbocycles. The largest absolute Gasteiger partial charge is 0.469 e. The zero-order valence-electron chi connectivity index (χ0n) is 11.6. The van der Waals surface area contributed by atoms with Crippen molar-refractivity contribution in [2.75, 3.05) is 27.0 Å². The summed E-state index contributed by atoms with van der Waals surface area (Å²) < 4.78 is 4.54. The highest BCUT2D eigenvalue weighted by Crippen LogP contribution is 2.18. The SMILES string of the molecule is COC(=O)CCCN(C)C(=O)c1nc(SC)ncc1Cl. The predicted molar refractivity (Wildman–Crippen MR) is 77.0 cm³/mol. The Bertz CT molecular complexity index is 499. The summed E-state index contributed by atoms with van der Waals surface area (Å²) >= 11 is 7.28. The Hall–Kier alpha value is -1.34. The first-order valence-electron chi connectivity index (χ1n) is 5.88. The summed E-state index contributed by atoms with van der Waals surface area (Å²) in [5.74, 6) is -0.590. The van der Waals surface area contributed by atoms with Crippen LogP contribution in [0.1, 0.15) is 23.3 Å². The summed E-state index contributed by atoms with van der Waals surface area (Å²) in [6.07, 6.45) is 4.02. The second-order valence-electron chi connectivity index (χ2n) is 3.96. The van der Waals surface area contributed by atoms with Crippen LogP contribution in [0.4, 0.5) is 0 Å². The van der Waals surface area contributed by atoms with Gasteiger partial charge < -0.3 is 9.64 Å². The van der Waals surface area contributed by atoms with E-state index < -0.39 is 0 Å². The summed E-state index contributed by atoms with van der Waals surface area (Å²) in [7, 11) is 2.97. The van der Waals surface area contributed by atoms with Crippen LogP contribution >= 0.6 is 23.4 Å². The maximum absolute atomic E-state index is 12.2. The number of aromatic nitrogens is 2. The lowest BCUT2D eigenvalue weighted by Crippen LogP contribution is -2.29. The quantitative estimate of drug-likeness (QED) is 0.453. The van der Waals surface area contributed by atoms with E-state index >= 15 is 0 Å². The van der Waals surface area contributed by atoms with Gasteiger partial charge in [-0.25, -0.2) is 9.97 Å². The summed E-state index contributed by atoms with van der Waals surface area (Å²) in [6, 6.07) is 0. The van der Waals surface area contributed by atoms with Crippen molar-refractivity contribution in [2.24, 2.45) is 0 Å². The smallest absolute Gasteiger partial charge is 0.305 e. The number of halogens is 1. The van der Waals surface area contributed by atoms with Crippen LogP contribution in [-0.2, 0) is 9.53 Å². The van der Waals surface area contributed by atoms with Crippen LogP contribution in [0.15, 0.2) is 11.4 Å². The van der Waals surface area contributed by atoms with Crippen LogP contribution in [0.2, 0.25) is 5.02 Å². The minimum atomic E-state index is -0.296. The topological polar surface area (TPSA) is 72.4 Å². The fourth-order valence-electron chi connectivity index (χ4n) is 1.44. The molecule has 0 bridgehead atoms. The Balaban J connectivity index is 2.66. The Kier molecular flexibility index (Phi) is 6.74. The van der Waals surface area contributed by atoms with Crippen molar-refractivity contribution in [3.8, 4) is 0 Å². The van der Waals surface area contributed by atoms with Crippen molar-refractivity contribution in [1.82, 2.24) is 14.9 Å². The molecule has 0 aliphatic heterocycles. The van der Waals surface area contributed by atoms with Crippen molar-refractivity contribution in [1.29, 1.82) is 0 Å². The van der Waals surface area contributed by atoms with Crippen LogP contribution in [0.25, 0.3) is 0 Å². The summed E-state index contributed by atoms with van der Waals surface area (Å²) in [5.41, 5.74) is 0.173. The zero-order valence-corrected chi connectivity index (χ0v) is 13.1. The van der Waals surface area contributed by atoms with Crippen LogP contribution in [-0.4, -0.2) is 53.7 Å². The minimum absolute atomic E-state index is 0.173. The van der Waals surface area contributed by atoms with Gasteiger partial charge in [0, 0.05) is 20.0 Å². The molecule has 1 amide bonds. The van der Waals surface area contributed by atoms with Crippen LogP contribution in [0, 0.1) is 0 Å². The van der Waals surface area contributed by atoms with Crippen LogP contribution < -0.4 is 0 Å². The molecule has 0 fully saturated rings. The lowest BCUT2D eigenvalue weighted by molar-refractivity contribution is -0.140. The number of carbonyl (C=O) groups is 2. The number of carbonyl (C=O) groups excluding carboxylic acids is 2. The highest BCUT2D eigenvalue weighted by molar-refractivity contribution is 7.98. The van der Waals surface area contributed by atoms with Crippen molar-refractivity contribution < 1.29 is 14.3 Å². The third-order valence-corrected chi connectivity index (χ3v) is 3.39. The summed E-state index contributed by atoms with van der Waals surface area (Å²) in [4.78, 5) is 32.8. The number of rotatable bonds is 6. The Labute approximate surface area is 126 Å². The van der Waals surface area contributed by atoms with E-state index in [1.165, 1.54) is 30.0 Å². The molecule has 1 aromatic heterocycles. The van der Waals surface area contributed by atoms with Gasteiger partial charge in [0.25, 0.3) is 5.91 Å². The number of thioether (sulfide) groups is 1. The number of hydrogen-bond acceptors (Lipinski definition) is 6. The van der Waals surface area contributed by atoms with E-state index in [9.17, 15) is 9.59 Å². The van der Waals surface area contributed by atoms with Gasteiger partial charge in [-0.2, -0.15) is 0 Å². The average molecular weight is 318 g/mol. The van der Waals surface area contributed by atoms with E-state index in [0.29, 0.717) is 18.1 Å². The van der Waals surface area contributed by atoms with Gasteiger partial charge in [-0.1, -0.05) is 23.4 Å². The van der Waals surface area contributed by atoms with Gasteiger partial charge in [-0.15, -0.1) is 0 Å². The highest BCUT2D eigenvalue weighted by atomic mass is 35.5. The molecule has 110 valence electrons. The van der Waals surface area contributed by atoms with E-state index in [1.807, 2.05) is 6.26 Å². The van der Waals surface area contributed by atoms with Gasteiger partial charge in [0.2, 0.25) is 0 Å². The standard InChI is InChI=1S/C12H16ClN3O3S/c1-16(6-4-5-9(17)19-2)11(18)10-8(13)7-14-12(15-10)20-3/h7H,4-6H2,1-3H3. The minimum Gasteiger partial charge on any atom is -0.469 e. The maximum Gasteiger partial charge on any atom is 0.305 e. The van der Waals surface area contributed by atoms with Gasteiger partial charge >= 0.3 is 5.97 Å². The molecule has 6 nitrogen and oxygen atoms in total. The maximum atomic E-state index is 12.2. The van der Waals surface area contributed by atoms with Gasteiger partial charge in [-0.05, 0) is 12.7 Å². The molecule has 0 aliphatic rings. The molecule has 0 radical (unpaired) electrons. The molecule has 0 saturated heterocycles. The van der Waals surface area contributed by atoms with Crippen molar-refractivity contribution in [2.45, 2.75) is 18.0 Å². The predicted octanol–water partition coefficient (Wildman–Crippen LogP) is 1.88. The van der Waals surface area contributed by atoms with Gasteiger partial charge in [0.15, 0.2) is 10.9 Å². The summed E-state index contributed by atoms with van der Waals surface area (Å²) in [6.45, 7) is 0.420. The number of hydrogen-bond donors (Lipinski definition) is 0. The molecule has 1 rings (SSSR count). The molecule has 0 unspecified atom stereocenters. The molecular formula is C12H16ClN3O3S. The molecule has 20 heavy (non-hydrogen) atoms. The van der Waals surface area contributed by atoms with Gasteiger partial charge in [0.05, 0.1) is 18.3 Å². The van der Waals surface area contributed by atoms with E-state index in [4.69, 9.17) is 11.6 Å². The molecular weight excluding hydrogens is 302 g/mol. The second kappa shape index (κ2) is 8.06. The monoisotopic (exact) mass is 317 g/mol. The normalized spacial score (nSPS) is 10.2. The first-order valence-corrected chi connectivity index (χ1v) is 7.48. The van der Waals surface area contributed by atoms with E-state index in [-0.39, 0.29) is 29.0 Å². The van der Waals surface area contributed by atoms with E-state index in [2.05, 4.69) is 14.7 Å². The number of esters is 1. The molecule has 0 saturated carbocycles. The third-order valence-electron chi connectivity index (χ3n) is 2.56. The molecule has 0 spiro atoms. The number of amides is 1. The van der Waals surface area contributed by atoms with Crippen molar-refractivity contribution >= 4 is 35.2 Å². The molecule has 0 atom stereocenters. The van der Waals surface area contributed by atoms with E-state index in [0.717, 1.165) is 0 Å². The van der Waals surface area contributed by atoms with Crippen molar-refractivity contribution in [3.63, 3.8) is 0 Å². The molecule has 1 aromatic rings. The number of nitrogens with zero attached hydrogens (tertiary/aromatic N) is 3.